The molecule has 0 fully saturated rings. The van der Waals surface area contributed by atoms with E-state index in [0.29, 0.717) is 6.54 Å². The van der Waals surface area contributed by atoms with Crippen molar-refractivity contribution in [1.29, 1.82) is 0 Å². The molecule has 16 heavy (non-hydrogen) atoms. The lowest BCUT2D eigenvalue weighted by Crippen LogP contribution is -2.17. The fourth-order valence-corrected chi connectivity index (χ4v) is 1.62. The molecule has 0 radical (unpaired) electrons. The number of benzene rings is 1. The Kier molecular flexibility index (Phi) is 3.01. The monoisotopic (exact) mass is 219 g/mol. The van der Waals surface area contributed by atoms with Crippen LogP contribution >= 0.6 is 0 Å². The number of rotatable bonds is 3. The maximum atomic E-state index is 12.7. The molecule has 0 amide bonds. The van der Waals surface area contributed by atoms with E-state index in [2.05, 4.69) is 4.98 Å². The van der Waals surface area contributed by atoms with E-state index in [0.717, 1.165) is 11.4 Å². The first-order valence-electron chi connectivity index (χ1n) is 5.15. The van der Waals surface area contributed by atoms with Crippen LogP contribution in [-0.4, -0.2) is 9.55 Å². The van der Waals surface area contributed by atoms with Gasteiger partial charge >= 0.3 is 0 Å². The van der Waals surface area contributed by atoms with Crippen molar-refractivity contribution < 1.29 is 4.39 Å². The maximum Gasteiger partial charge on any atom is 0.123 e. The molecule has 0 saturated heterocycles. The van der Waals surface area contributed by atoms with Gasteiger partial charge in [0.1, 0.15) is 11.6 Å². The summed E-state index contributed by atoms with van der Waals surface area (Å²) < 4.78 is 14.7. The summed E-state index contributed by atoms with van der Waals surface area (Å²) in [6.07, 6.45) is 3.63. The zero-order valence-electron chi connectivity index (χ0n) is 9.10. The Balaban J connectivity index is 2.11. The third kappa shape index (κ3) is 2.28. The number of hydrogen-bond acceptors (Lipinski definition) is 2. The Bertz CT molecular complexity index is 461. The average molecular weight is 219 g/mol. The molecule has 2 rings (SSSR count). The topological polar surface area (TPSA) is 43.8 Å². The van der Waals surface area contributed by atoms with E-state index in [9.17, 15) is 4.39 Å². The number of halogens is 1. The minimum absolute atomic E-state index is 0.145. The van der Waals surface area contributed by atoms with E-state index in [1.165, 1.54) is 12.1 Å². The van der Waals surface area contributed by atoms with Crippen molar-refractivity contribution in [3.63, 3.8) is 0 Å². The van der Waals surface area contributed by atoms with Crippen LogP contribution in [0.25, 0.3) is 0 Å². The summed E-state index contributed by atoms with van der Waals surface area (Å²) in [4.78, 5) is 4.12. The van der Waals surface area contributed by atoms with Gasteiger partial charge in [-0.3, -0.25) is 0 Å². The molecular formula is C12H14FN3. The zero-order chi connectivity index (χ0) is 11.5. The summed E-state index contributed by atoms with van der Waals surface area (Å²) in [5.41, 5.74) is 6.96. The van der Waals surface area contributed by atoms with Crippen molar-refractivity contribution >= 4 is 0 Å². The molecule has 0 spiro atoms. The van der Waals surface area contributed by atoms with Gasteiger partial charge in [-0.1, -0.05) is 12.1 Å². The summed E-state index contributed by atoms with van der Waals surface area (Å²) >= 11 is 0. The highest BCUT2D eigenvalue weighted by Crippen LogP contribution is 2.13. The van der Waals surface area contributed by atoms with Crippen LogP contribution in [0.15, 0.2) is 36.7 Å². The van der Waals surface area contributed by atoms with Crippen molar-refractivity contribution in [3.8, 4) is 0 Å². The highest BCUT2D eigenvalue weighted by atomic mass is 19.1. The lowest BCUT2D eigenvalue weighted by molar-refractivity contribution is 0.562. The highest BCUT2D eigenvalue weighted by molar-refractivity contribution is 5.19. The van der Waals surface area contributed by atoms with Gasteiger partial charge < -0.3 is 10.3 Å². The summed E-state index contributed by atoms with van der Waals surface area (Å²) in [7, 11) is 0. The summed E-state index contributed by atoms with van der Waals surface area (Å²) in [6.45, 7) is 2.58. The smallest absolute Gasteiger partial charge is 0.123 e. The molecule has 0 aliphatic heterocycles. The van der Waals surface area contributed by atoms with Gasteiger partial charge in [0.15, 0.2) is 0 Å². The zero-order valence-corrected chi connectivity index (χ0v) is 9.10. The highest BCUT2D eigenvalue weighted by Gasteiger charge is 2.08. The van der Waals surface area contributed by atoms with E-state index in [4.69, 9.17) is 5.73 Å². The second-order valence-electron chi connectivity index (χ2n) is 3.78. The summed E-state index contributed by atoms with van der Waals surface area (Å²) in [6, 6.07) is 6.14. The van der Waals surface area contributed by atoms with Gasteiger partial charge in [-0.2, -0.15) is 0 Å². The quantitative estimate of drug-likeness (QED) is 0.858. The van der Waals surface area contributed by atoms with Crippen LogP contribution < -0.4 is 5.73 Å². The predicted molar refractivity (Wildman–Crippen MR) is 60.3 cm³/mol. The molecule has 0 aliphatic carbocycles. The van der Waals surface area contributed by atoms with Gasteiger partial charge in [-0.15, -0.1) is 0 Å². The van der Waals surface area contributed by atoms with Crippen molar-refractivity contribution in [3.05, 3.63) is 53.9 Å². The second-order valence-corrected chi connectivity index (χ2v) is 3.78. The Morgan fingerprint density at radius 3 is 2.62 bits per heavy atom. The summed E-state index contributed by atoms with van der Waals surface area (Å²) in [5.74, 6) is 0.687. The van der Waals surface area contributed by atoms with Crippen LogP contribution in [0.1, 0.15) is 17.4 Å². The molecule has 1 aromatic carbocycles. The van der Waals surface area contributed by atoms with Crippen molar-refractivity contribution in [1.82, 2.24) is 9.55 Å². The maximum absolute atomic E-state index is 12.7. The Morgan fingerprint density at radius 1 is 1.38 bits per heavy atom. The number of imidazole rings is 1. The average Bonchev–Trinajstić information content (AvgIpc) is 2.65. The molecule has 1 aromatic heterocycles. The minimum atomic E-state index is -0.241. The van der Waals surface area contributed by atoms with E-state index >= 15 is 0 Å². The normalized spacial score (nSPS) is 12.7. The number of aromatic nitrogens is 2. The molecule has 1 unspecified atom stereocenters. The molecule has 0 bridgehead atoms. The Labute approximate surface area is 93.7 Å². The molecule has 4 heteroatoms. The van der Waals surface area contributed by atoms with Crippen molar-refractivity contribution in [2.75, 3.05) is 0 Å². The Hall–Kier alpha value is -1.68. The predicted octanol–water partition coefficient (Wildman–Crippen LogP) is 2.03. The van der Waals surface area contributed by atoms with Gasteiger partial charge in [-0.05, 0) is 24.6 Å². The molecule has 1 heterocycles. The lowest BCUT2D eigenvalue weighted by Gasteiger charge is -2.13. The SMILES string of the molecule is Cc1nccn1CC(N)c1ccc(F)cc1. The molecule has 1 atom stereocenters. The Morgan fingerprint density at radius 2 is 2.06 bits per heavy atom. The largest absolute Gasteiger partial charge is 0.333 e. The minimum Gasteiger partial charge on any atom is -0.333 e. The van der Waals surface area contributed by atoms with Crippen LogP contribution in [0.3, 0.4) is 0 Å². The van der Waals surface area contributed by atoms with Crippen LogP contribution in [-0.2, 0) is 6.54 Å². The van der Waals surface area contributed by atoms with Gasteiger partial charge in [0.05, 0.1) is 0 Å². The molecule has 2 N–H and O–H groups in total. The standard InChI is InChI=1S/C12H14FN3/c1-9-15-6-7-16(9)8-12(14)10-2-4-11(13)5-3-10/h2-7,12H,8,14H2,1H3. The third-order valence-electron chi connectivity index (χ3n) is 2.62. The number of hydrogen-bond donors (Lipinski definition) is 1. The molecule has 2 aromatic rings. The van der Waals surface area contributed by atoms with Gasteiger partial charge in [-0.25, -0.2) is 9.37 Å². The van der Waals surface area contributed by atoms with Crippen molar-refractivity contribution in [2.24, 2.45) is 5.73 Å². The lowest BCUT2D eigenvalue weighted by atomic mass is 10.1. The van der Waals surface area contributed by atoms with E-state index in [1.807, 2.05) is 17.7 Å². The first-order valence-corrected chi connectivity index (χ1v) is 5.15. The van der Waals surface area contributed by atoms with E-state index in [-0.39, 0.29) is 11.9 Å². The second kappa shape index (κ2) is 4.45. The van der Waals surface area contributed by atoms with E-state index < -0.39 is 0 Å². The fraction of sp³-hybridized carbons (Fsp3) is 0.250. The molecule has 0 saturated carbocycles. The van der Waals surface area contributed by atoms with Gasteiger partial charge in [0.2, 0.25) is 0 Å². The fourth-order valence-electron chi connectivity index (χ4n) is 1.62. The molecule has 0 aliphatic rings. The first-order chi connectivity index (χ1) is 7.66. The first kappa shape index (κ1) is 10.8. The number of nitrogens with two attached hydrogens (primary N) is 1. The van der Waals surface area contributed by atoms with Gasteiger partial charge in [0.25, 0.3) is 0 Å². The number of aryl methyl sites for hydroxylation is 1. The molecular weight excluding hydrogens is 205 g/mol. The van der Waals surface area contributed by atoms with Crippen molar-refractivity contribution in [2.45, 2.75) is 19.5 Å². The van der Waals surface area contributed by atoms with E-state index in [1.54, 1.807) is 18.3 Å². The molecule has 3 nitrogen and oxygen atoms in total. The van der Waals surface area contributed by atoms with Crippen LogP contribution in [0.4, 0.5) is 4.39 Å². The van der Waals surface area contributed by atoms with Crippen LogP contribution in [0.2, 0.25) is 0 Å². The van der Waals surface area contributed by atoms with Gasteiger partial charge in [0, 0.05) is 25.0 Å². The molecule has 84 valence electrons. The van der Waals surface area contributed by atoms with Crippen LogP contribution in [0, 0.1) is 12.7 Å². The summed E-state index contributed by atoms with van der Waals surface area (Å²) in [5, 5.41) is 0. The third-order valence-corrected chi connectivity index (χ3v) is 2.62. The number of nitrogens with zero attached hydrogens (tertiary/aromatic N) is 2. The van der Waals surface area contributed by atoms with Crippen LogP contribution in [0.5, 0.6) is 0 Å².